The molecule has 0 fully saturated rings. The first-order valence-electron chi connectivity index (χ1n) is 11.2. The zero-order valence-electron chi connectivity index (χ0n) is 20.3. The third-order valence-corrected chi connectivity index (χ3v) is 5.71. The highest BCUT2D eigenvalue weighted by Crippen LogP contribution is 2.30. The average Bonchev–Trinajstić information content (AvgIpc) is 2.90. The summed E-state index contributed by atoms with van der Waals surface area (Å²) in [4.78, 5) is 12.7. The maximum atomic E-state index is 12.7. The quantitative estimate of drug-likeness (QED) is 0.244. The molecule has 0 aromatic heterocycles. The SMILES string of the molecule is CCOc1cc(/C=C(\C#N)C(=O)NCc2ccc(OC)cc2OC)ccc1OCc1ccc(Br)cc1. The Hall–Kier alpha value is -3.96. The third-order valence-electron chi connectivity index (χ3n) is 5.18. The van der Waals surface area contributed by atoms with Crippen LogP contribution in [0.1, 0.15) is 23.6 Å². The molecular formula is C28H27BrN2O5. The monoisotopic (exact) mass is 550 g/mol. The van der Waals surface area contributed by atoms with Gasteiger partial charge in [-0.25, -0.2) is 0 Å². The number of halogens is 1. The molecule has 186 valence electrons. The van der Waals surface area contributed by atoms with Gasteiger partial charge in [0.2, 0.25) is 0 Å². The second-order valence-corrected chi connectivity index (χ2v) is 8.50. The van der Waals surface area contributed by atoms with E-state index in [0.717, 1.165) is 15.6 Å². The van der Waals surface area contributed by atoms with Crippen molar-refractivity contribution in [2.24, 2.45) is 0 Å². The number of methoxy groups -OCH3 is 2. The van der Waals surface area contributed by atoms with E-state index in [2.05, 4.69) is 21.2 Å². The number of amides is 1. The maximum Gasteiger partial charge on any atom is 0.262 e. The number of hydrogen-bond donors (Lipinski definition) is 1. The van der Waals surface area contributed by atoms with E-state index in [9.17, 15) is 10.1 Å². The molecule has 3 aromatic carbocycles. The van der Waals surface area contributed by atoms with Gasteiger partial charge in [0.15, 0.2) is 11.5 Å². The number of hydrogen-bond acceptors (Lipinski definition) is 6. The fraction of sp³-hybridized carbons (Fsp3) is 0.214. The van der Waals surface area contributed by atoms with Crippen LogP contribution < -0.4 is 24.3 Å². The number of nitriles is 1. The summed E-state index contributed by atoms with van der Waals surface area (Å²) < 4.78 is 23.2. The molecule has 7 nitrogen and oxygen atoms in total. The van der Waals surface area contributed by atoms with E-state index in [1.54, 1.807) is 50.6 Å². The molecule has 3 aromatic rings. The number of nitrogens with one attached hydrogen (secondary N) is 1. The van der Waals surface area contributed by atoms with E-state index in [1.807, 2.05) is 37.3 Å². The lowest BCUT2D eigenvalue weighted by atomic mass is 10.1. The van der Waals surface area contributed by atoms with Crippen LogP contribution in [0.25, 0.3) is 6.08 Å². The van der Waals surface area contributed by atoms with Gasteiger partial charge in [-0.1, -0.05) is 34.1 Å². The first-order chi connectivity index (χ1) is 17.5. The predicted molar refractivity (Wildman–Crippen MR) is 141 cm³/mol. The summed E-state index contributed by atoms with van der Waals surface area (Å²) in [5.74, 6) is 1.84. The second-order valence-electron chi connectivity index (χ2n) is 7.58. The smallest absolute Gasteiger partial charge is 0.262 e. The van der Waals surface area contributed by atoms with E-state index >= 15 is 0 Å². The molecule has 0 atom stereocenters. The van der Waals surface area contributed by atoms with E-state index in [-0.39, 0.29) is 12.1 Å². The number of carbonyl (C=O) groups excluding carboxylic acids is 1. The van der Waals surface area contributed by atoms with Crippen LogP contribution in [-0.4, -0.2) is 26.7 Å². The minimum atomic E-state index is -0.496. The number of ether oxygens (including phenoxy) is 4. The lowest BCUT2D eigenvalue weighted by molar-refractivity contribution is -0.117. The Morgan fingerprint density at radius 3 is 2.42 bits per heavy atom. The van der Waals surface area contributed by atoms with E-state index in [0.29, 0.717) is 41.8 Å². The Morgan fingerprint density at radius 1 is 0.972 bits per heavy atom. The van der Waals surface area contributed by atoms with Gasteiger partial charge in [-0.2, -0.15) is 5.26 Å². The molecule has 1 amide bonds. The van der Waals surface area contributed by atoms with E-state index in [4.69, 9.17) is 18.9 Å². The number of carbonyl (C=O) groups is 1. The second kappa shape index (κ2) is 13.2. The van der Waals surface area contributed by atoms with Gasteiger partial charge in [0.05, 0.1) is 20.8 Å². The van der Waals surface area contributed by atoms with Gasteiger partial charge in [-0.3, -0.25) is 4.79 Å². The normalized spacial score (nSPS) is 10.8. The zero-order chi connectivity index (χ0) is 25.9. The fourth-order valence-electron chi connectivity index (χ4n) is 3.33. The Balaban J connectivity index is 1.72. The molecule has 0 aliphatic heterocycles. The van der Waals surface area contributed by atoms with Gasteiger partial charge in [-0.05, 0) is 60.5 Å². The first-order valence-corrected chi connectivity index (χ1v) is 12.0. The molecular weight excluding hydrogens is 524 g/mol. The summed E-state index contributed by atoms with van der Waals surface area (Å²) in [6, 6.07) is 20.4. The van der Waals surface area contributed by atoms with E-state index in [1.165, 1.54) is 6.08 Å². The van der Waals surface area contributed by atoms with Crippen molar-refractivity contribution in [3.8, 4) is 29.1 Å². The van der Waals surface area contributed by atoms with Crippen molar-refractivity contribution in [3.05, 3.63) is 87.4 Å². The van der Waals surface area contributed by atoms with Gasteiger partial charge in [0.1, 0.15) is 29.7 Å². The molecule has 1 N–H and O–H groups in total. The summed E-state index contributed by atoms with van der Waals surface area (Å²) in [6.07, 6.45) is 1.52. The highest BCUT2D eigenvalue weighted by atomic mass is 79.9. The van der Waals surface area contributed by atoms with Crippen molar-refractivity contribution in [2.75, 3.05) is 20.8 Å². The average molecular weight is 551 g/mol. The summed E-state index contributed by atoms with van der Waals surface area (Å²) in [5, 5.41) is 12.4. The first kappa shape index (κ1) is 26.6. The zero-order valence-corrected chi connectivity index (χ0v) is 21.9. The van der Waals surface area contributed by atoms with Gasteiger partial charge in [0.25, 0.3) is 5.91 Å². The summed E-state index contributed by atoms with van der Waals surface area (Å²) in [6.45, 7) is 2.89. The Labute approximate surface area is 219 Å². The fourth-order valence-corrected chi connectivity index (χ4v) is 3.59. The largest absolute Gasteiger partial charge is 0.497 e. The molecule has 0 heterocycles. The molecule has 8 heteroatoms. The Morgan fingerprint density at radius 2 is 1.75 bits per heavy atom. The van der Waals surface area contributed by atoms with Crippen molar-refractivity contribution >= 4 is 27.9 Å². The summed E-state index contributed by atoms with van der Waals surface area (Å²) in [5.41, 5.74) is 2.38. The molecule has 3 rings (SSSR count). The van der Waals surface area contributed by atoms with Gasteiger partial charge >= 0.3 is 0 Å². The maximum absolute atomic E-state index is 12.7. The molecule has 36 heavy (non-hydrogen) atoms. The number of benzene rings is 3. The van der Waals surface area contributed by atoms with Crippen molar-refractivity contribution < 1.29 is 23.7 Å². The van der Waals surface area contributed by atoms with Crippen LogP contribution in [0.3, 0.4) is 0 Å². The van der Waals surface area contributed by atoms with Crippen LogP contribution in [0, 0.1) is 11.3 Å². The molecule has 0 saturated carbocycles. The summed E-state index contributed by atoms with van der Waals surface area (Å²) >= 11 is 3.42. The molecule has 0 saturated heterocycles. The lowest BCUT2D eigenvalue weighted by Crippen LogP contribution is -2.24. The number of rotatable bonds is 11. The highest BCUT2D eigenvalue weighted by Gasteiger charge is 2.13. The molecule has 0 unspecified atom stereocenters. The standard InChI is InChI=1S/C28H27BrN2O5/c1-4-35-27-14-20(7-12-25(27)36-18-19-5-9-23(29)10-6-19)13-22(16-30)28(32)31-17-21-8-11-24(33-2)15-26(21)34-3/h5-15H,4,17-18H2,1-3H3,(H,31,32)/b22-13+. The Bertz CT molecular complexity index is 1270. The van der Waals surface area contributed by atoms with Crippen LogP contribution in [0.5, 0.6) is 23.0 Å². The predicted octanol–water partition coefficient (Wildman–Crippen LogP) is 5.67. The van der Waals surface area contributed by atoms with Crippen molar-refractivity contribution in [3.63, 3.8) is 0 Å². The van der Waals surface area contributed by atoms with Crippen LogP contribution in [-0.2, 0) is 17.9 Å². The minimum Gasteiger partial charge on any atom is -0.497 e. The van der Waals surface area contributed by atoms with Crippen LogP contribution in [0.2, 0.25) is 0 Å². The van der Waals surface area contributed by atoms with Crippen LogP contribution in [0.15, 0.2) is 70.7 Å². The van der Waals surface area contributed by atoms with Gasteiger partial charge in [-0.15, -0.1) is 0 Å². The molecule has 0 radical (unpaired) electrons. The Kier molecular flexibility index (Phi) is 9.78. The molecule has 0 aliphatic carbocycles. The van der Waals surface area contributed by atoms with Crippen molar-refractivity contribution in [1.29, 1.82) is 5.26 Å². The molecule has 0 bridgehead atoms. The summed E-state index contributed by atoms with van der Waals surface area (Å²) in [7, 11) is 3.11. The van der Waals surface area contributed by atoms with Crippen molar-refractivity contribution in [1.82, 2.24) is 5.32 Å². The third kappa shape index (κ3) is 7.27. The van der Waals surface area contributed by atoms with Crippen LogP contribution >= 0.6 is 15.9 Å². The lowest BCUT2D eigenvalue weighted by Gasteiger charge is -2.13. The molecule has 0 aliphatic rings. The van der Waals surface area contributed by atoms with Crippen LogP contribution in [0.4, 0.5) is 0 Å². The molecule has 0 spiro atoms. The highest BCUT2D eigenvalue weighted by molar-refractivity contribution is 9.10. The van der Waals surface area contributed by atoms with Crippen molar-refractivity contribution in [2.45, 2.75) is 20.1 Å². The van der Waals surface area contributed by atoms with E-state index < -0.39 is 5.91 Å². The van der Waals surface area contributed by atoms with Gasteiger partial charge < -0.3 is 24.3 Å². The van der Waals surface area contributed by atoms with Gasteiger partial charge in [0, 0.05) is 22.6 Å². The minimum absolute atomic E-state index is 0.0338. The number of nitrogens with zero attached hydrogens (tertiary/aromatic N) is 1. The topological polar surface area (TPSA) is 89.8 Å².